The van der Waals surface area contributed by atoms with E-state index in [1.807, 2.05) is 18.2 Å². The smallest absolute Gasteiger partial charge is 0.228 e. The second-order valence-corrected chi connectivity index (χ2v) is 8.28. The molecule has 1 aromatic heterocycles. The molecule has 128 valence electrons. The van der Waals surface area contributed by atoms with E-state index in [1.165, 1.54) is 25.7 Å². The Balaban J connectivity index is 1.52. The largest absolute Gasteiger partial charge is 0.341 e. The van der Waals surface area contributed by atoms with E-state index in [0.29, 0.717) is 6.04 Å². The highest BCUT2D eigenvalue weighted by atomic mass is 35.5. The summed E-state index contributed by atoms with van der Waals surface area (Å²) in [6.07, 6.45) is 4.99. The summed E-state index contributed by atoms with van der Waals surface area (Å²) in [5.41, 5.74) is 1.16. The molecule has 1 aliphatic heterocycles. The first-order valence-corrected chi connectivity index (χ1v) is 10.1. The molecule has 0 bridgehead atoms. The van der Waals surface area contributed by atoms with Gasteiger partial charge in [0.15, 0.2) is 5.16 Å². The summed E-state index contributed by atoms with van der Waals surface area (Å²) < 4.78 is 2.37. The van der Waals surface area contributed by atoms with Crippen molar-refractivity contribution >= 4 is 29.3 Å². The molecule has 4 rings (SSSR count). The van der Waals surface area contributed by atoms with Gasteiger partial charge in [-0.3, -0.25) is 4.57 Å². The van der Waals surface area contributed by atoms with Gasteiger partial charge >= 0.3 is 0 Å². The molecule has 2 aromatic rings. The quantitative estimate of drug-likeness (QED) is 0.716. The average molecular weight is 363 g/mol. The van der Waals surface area contributed by atoms with Gasteiger partial charge in [0.05, 0.1) is 0 Å². The van der Waals surface area contributed by atoms with Gasteiger partial charge in [0.25, 0.3) is 0 Å². The van der Waals surface area contributed by atoms with Crippen molar-refractivity contribution in [2.75, 3.05) is 18.0 Å². The fraction of sp³-hybridized carbons (Fsp3) is 0.556. The molecule has 0 atom stereocenters. The van der Waals surface area contributed by atoms with Crippen LogP contribution < -0.4 is 4.90 Å². The van der Waals surface area contributed by atoms with E-state index in [2.05, 4.69) is 32.7 Å². The molecule has 4 nitrogen and oxygen atoms in total. The minimum atomic E-state index is 0.586. The molecule has 0 N–H and O–H groups in total. The van der Waals surface area contributed by atoms with Crippen molar-refractivity contribution < 1.29 is 0 Å². The van der Waals surface area contributed by atoms with Crippen LogP contribution in [0.15, 0.2) is 29.4 Å². The number of hydrogen-bond donors (Lipinski definition) is 0. The van der Waals surface area contributed by atoms with Crippen LogP contribution in [-0.4, -0.2) is 27.9 Å². The fourth-order valence-corrected chi connectivity index (χ4v) is 4.49. The third-order valence-corrected chi connectivity index (χ3v) is 6.30. The van der Waals surface area contributed by atoms with Gasteiger partial charge in [0.1, 0.15) is 0 Å². The maximum absolute atomic E-state index is 6.28. The number of anilines is 1. The highest BCUT2D eigenvalue weighted by Crippen LogP contribution is 2.42. The lowest BCUT2D eigenvalue weighted by Crippen LogP contribution is -2.34. The molecule has 1 aromatic carbocycles. The van der Waals surface area contributed by atoms with Crippen molar-refractivity contribution in [3.8, 4) is 0 Å². The molecule has 1 saturated heterocycles. The minimum absolute atomic E-state index is 0.586. The minimum Gasteiger partial charge on any atom is -0.341 e. The zero-order valence-electron chi connectivity index (χ0n) is 14.0. The summed E-state index contributed by atoms with van der Waals surface area (Å²) in [4.78, 5) is 2.42. The molecule has 24 heavy (non-hydrogen) atoms. The molecule has 0 unspecified atom stereocenters. The summed E-state index contributed by atoms with van der Waals surface area (Å²) in [6, 6.07) is 8.62. The Kier molecular flexibility index (Phi) is 4.72. The molecule has 2 fully saturated rings. The molecule has 0 spiro atoms. The van der Waals surface area contributed by atoms with Crippen molar-refractivity contribution in [1.29, 1.82) is 0 Å². The monoisotopic (exact) mass is 362 g/mol. The Labute approximate surface area is 152 Å². The molecule has 1 aliphatic carbocycles. The predicted octanol–water partition coefficient (Wildman–Crippen LogP) is 4.80. The average Bonchev–Trinajstić information content (AvgIpc) is 3.35. The first-order valence-electron chi connectivity index (χ1n) is 8.78. The van der Waals surface area contributed by atoms with Crippen LogP contribution in [0.1, 0.15) is 44.2 Å². The van der Waals surface area contributed by atoms with Gasteiger partial charge < -0.3 is 4.90 Å². The van der Waals surface area contributed by atoms with Crippen molar-refractivity contribution in [2.24, 2.45) is 5.92 Å². The number of aromatic nitrogens is 3. The zero-order chi connectivity index (χ0) is 16.5. The summed E-state index contributed by atoms with van der Waals surface area (Å²) in [6.45, 7) is 4.54. The first-order chi connectivity index (χ1) is 11.7. The second kappa shape index (κ2) is 6.96. The van der Waals surface area contributed by atoms with E-state index >= 15 is 0 Å². The molecule has 2 aliphatic rings. The first kappa shape index (κ1) is 16.3. The van der Waals surface area contributed by atoms with Crippen LogP contribution in [0.3, 0.4) is 0 Å². The molecule has 0 radical (unpaired) electrons. The lowest BCUT2D eigenvalue weighted by Gasteiger charge is -2.31. The molecule has 1 saturated carbocycles. The topological polar surface area (TPSA) is 34.0 Å². The van der Waals surface area contributed by atoms with Crippen molar-refractivity contribution in [3.05, 3.63) is 34.9 Å². The third kappa shape index (κ3) is 3.42. The van der Waals surface area contributed by atoms with E-state index in [0.717, 1.165) is 46.5 Å². The van der Waals surface area contributed by atoms with Gasteiger partial charge in [-0.05, 0) is 43.2 Å². The number of thioether (sulfide) groups is 1. The lowest BCUT2D eigenvalue weighted by atomic mass is 10.00. The SMILES string of the molecule is CC1CCN(c2nnc(SCc3ccccc3Cl)n2C2CC2)CC1. The lowest BCUT2D eigenvalue weighted by molar-refractivity contribution is 0.429. The van der Waals surface area contributed by atoms with Crippen LogP contribution in [0.2, 0.25) is 5.02 Å². The number of hydrogen-bond acceptors (Lipinski definition) is 4. The summed E-state index contributed by atoms with van der Waals surface area (Å²) in [5.74, 6) is 2.74. The van der Waals surface area contributed by atoms with Gasteiger partial charge in [-0.1, -0.05) is 48.5 Å². The number of nitrogens with zero attached hydrogens (tertiary/aromatic N) is 4. The normalized spacial score (nSPS) is 19.0. The van der Waals surface area contributed by atoms with E-state index in [9.17, 15) is 0 Å². The second-order valence-electron chi connectivity index (χ2n) is 6.93. The summed E-state index contributed by atoms with van der Waals surface area (Å²) in [7, 11) is 0. The van der Waals surface area contributed by atoms with Crippen LogP contribution in [0.5, 0.6) is 0 Å². The number of benzene rings is 1. The predicted molar refractivity (Wildman–Crippen MR) is 99.9 cm³/mol. The number of piperidine rings is 1. The zero-order valence-corrected chi connectivity index (χ0v) is 15.6. The number of rotatable bonds is 5. The van der Waals surface area contributed by atoms with Crippen molar-refractivity contribution in [2.45, 2.75) is 49.6 Å². The Hall–Kier alpha value is -1.20. The maximum atomic E-state index is 6.28. The number of halogens is 1. The Morgan fingerprint density at radius 3 is 2.58 bits per heavy atom. The molecular formula is C18H23ClN4S. The van der Waals surface area contributed by atoms with Gasteiger partial charge in [-0.25, -0.2) is 0 Å². The van der Waals surface area contributed by atoms with E-state index in [4.69, 9.17) is 11.6 Å². The molecule has 2 heterocycles. The van der Waals surface area contributed by atoms with Crippen LogP contribution in [0.4, 0.5) is 5.95 Å². The van der Waals surface area contributed by atoms with Gasteiger partial charge in [-0.15, -0.1) is 10.2 Å². The van der Waals surface area contributed by atoms with Crippen molar-refractivity contribution in [3.63, 3.8) is 0 Å². The molecular weight excluding hydrogens is 340 g/mol. The summed E-state index contributed by atoms with van der Waals surface area (Å²) >= 11 is 8.03. The van der Waals surface area contributed by atoms with Gasteiger partial charge in [0.2, 0.25) is 5.95 Å². The molecule has 6 heteroatoms. The van der Waals surface area contributed by atoms with Gasteiger partial charge in [0, 0.05) is 29.9 Å². The fourth-order valence-electron chi connectivity index (χ4n) is 3.20. The maximum Gasteiger partial charge on any atom is 0.228 e. The van der Waals surface area contributed by atoms with E-state index in [1.54, 1.807) is 11.8 Å². The Bertz CT molecular complexity index is 705. The summed E-state index contributed by atoms with van der Waals surface area (Å²) in [5, 5.41) is 10.9. The molecule has 0 amide bonds. The van der Waals surface area contributed by atoms with Gasteiger partial charge in [-0.2, -0.15) is 0 Å². The van der Waals surface area contributed by atoms with Crippen LogP contribution in [-0.2, 0) is 5.75 Å². The Morgan fingerprint density at radius 2 is 1.88 bits per heavy atom. The van der Waals surface area contributed by atoms with Crippen LogP contribution in [0.25, 0.3) is 0 Å². The van der Waals surface area contributed by atoms with Crippen molar-refractivity contribution in [1.82, 2.24) is 14.8 Å². The Morgan fingerprint density at radius 1 is 1.12 bits per heavy atom. The van der Waals surface area contributed by atoms with Crippen LogP contribution in [0, 0.1) is 5.92 Å². The standard InChI is InChI=1S/C18H23ClN4S/c1-13-8-10-22(11-9-13)17-20-21-18(23(17)15-6-7-15)24-12-14-4-2-3-5-16(14)19/h2-5,13,15H,6-12H2,1H3. The third-order valence-electron chi connectivity index (χ3n) is 4.94. The van der Waals surface area contributed by atoms with E-state index < -0.39 is 0 Å². The van der Waals surface area contributed by atoms with Crippen LogP contribution >= 0.6 is 23.4 Å². The van der Waals surface area contributed by atoms with E-state index in [-0.39, 0.29) is 0 Å². The highest BCUT2D eigenvalue weighted by Gasteiger charge is 2.32. The highest BCUT2D eigenvalue weighted by molar-refractivity contribution is 7.98.